The predicted molar refractivity (Wildman–Crippen MR) is 205 cm³/mol. The number of allylic oxidation sites excluding steroid dienone is 16. The van der Waals surface area contributed by atoms with Gasteiger partial charge < -0.3 is 24.8 Å². The number of fused-ring (bicyclic) bond motifs is 8. The molecular weight excluding hydrogens is 727 g/mol. The van der Waals surface area contributed by atoms with Crippen LogP contribution in [0.2, 0.25) is 3.63 Å². The molecule has 0 nitrogen and oxygen atoms in total. The summed E-state index contributed by atoms with van der Waals surface area (Å²) in [5, 5.41) is 0. The predicted octanol–water partition coefficient (Wildman–Crippen LogP) is 6.52. The molecule has 0 aliphatic heterocycles. The second-order valence-electron chi connectivity index (χ2n) is 18.8. The van der Waals surface area contributed by atoms with Crippen LogP contribution in [0.3, 0.4) is 0 Å². The largest absolute Gasteiger partial charge is 1.00 e. The average molecular weight is 787 g/mol. The Balaban J connectivity index is 0.00000243. The van der Waals surface area contributed by atoms with E-state index in [9.17, 15) is 0 Å². The van der Waals surface area contributed by atoms with E-state index in [0.717, 1.165) is 0 Å². The molecule has 266 valence electrons. The topological polar surface area (TPSA) is 0 Å². The summed E-state index contributed by atoms with van der Waals surface area (Å²) in [6.07, 6.45) is 33.1. The Morgan fingerprint density at radius 3 is 1.76 bits per heavy atom. The molecule has 2 saturated carbocycles. The van der Waals surface area contributed by atoms with Gasteiger partial charge in [0.2, 0.25) is 0 Å². The van der Waals surface area contributed by atoms with E-state index in [4.69, 9.17) is 0 Å². The fourth-order valence-corrected chi connectivity index (χ4v) is 23.4. The van der Waals surface area contributed by atoms with E-state index >= 15 is 0 Å². The second-order valence-corrected chi connectivity index (χ2v) is 24.7. The van der Waals surface area contributed by atoms with E-state index in [-0.39, 0.29) is 68.1 Å². The molecule has 10 atom stereocenters. The van der Waals surface area contributed by atoms with Crippen LogP contribution in [-0.2, 0) is 21.3 Å². The fraction of sp³-hybridized carbons (Fsp3) is 0.511. The molecule has 0 heterocycles. The summed E-state index contributed by atoms with van der Waals surface area (Å²) in [6.45, 7) is 33.3. The summed E-state index contributed by atoms with van der Waals surface area (Å²) >= 11 is -2.74. The van der Waals surface area contributed by atoms with E-state index < -0.39 is 21.3 Å². The fourth-order valence-electron chi connectivity index (χ4n) is 13.0. The van der Waals surface area contributed by atoms with Crippen molar-refractivity contribution in [1.82, 2.24) is 0 Å². The van der Waals surface area contributed by atoms with Crippen molar-refractivity contribution < 1.29 is 46.1 Å². The first-order chi connectivity index (χ1) is 22.3. The van der Waals surface area contributed by atoms with Crippen molar-refractivity contribution >= 4 is 3.71 Å². The zero-order valence-corrected chi connectivity index (χ0v) is 36.9. The van der Waals surface area contributed by atoms with E-state index in [1.807, 2.05) is 0 Å². The van der Waals surface area contributed by atoms with Crippen molar-refractivity contribution in [2.24, 2.45) is 55.2 Å². The van der Waals surface area contributed by atoms with Gasteiger partial charge in [-0.3, -0.25) is 0 Å². The molecule has 0 saturated heterocycles. The van der Waals surface area contributed by atoms with Gasteiger partial charge in [0.25, 0.3) is 0 Å². The summed E-state index contributed by atoms with van der Waals surface area (Å²) < 4.78 is 5.24. The SMILES string of the molecule is CC1=CC=CC2[CH](/[Zr+2](=[CH]\c3ccc(C)cc3)[C]3=CC(C(C)(C)C)=CC3C)C3(C)C4(C)C=CC=CC4(C)C4(C)C=CC=CC4(C)C3(C)C12C.[Cl-].[Cl-]. The molecular formula is C47H60Cl2Zr. The van der Waals surface area contributed by atoms with Crippen molar-refractivity contribution in [2.75, 3.05) is 0 Å². The molecule has 1 aromatic carbocycles. The third-order valence-corrected chi connectivity index (χ3v) is 25.3. The van der Waals surface area contributed by atoms with Crippen molar-refractivity contribution in [3.05, 3.63) is 129 Å². The first-order valence-electron chi connectivity index (χ1n) is 18.6. The molecule has 2 fully saturated rings. The zero-order chi connectivity index (χ0) is 34.9. The van der Waals surface area contributed by atoms with Gasteiger partial charge in [0.1, 0.15) is 0 Å². The summed E-state index contributed by atoms with van der Waals surface area (Å²) in [5.41, 5.74) is 5.60. The molecule has 0 aromatic heterocycles. The minimum Gasteiger partial charge on any atom is -1.00 e. The Morgan fingerprint density at radius 2 is 1.22 bits per heavy atom. The van der Waals surface area contributed by atoms with Crippen molar-refractivity contribution in [2.45, 2.75) is 93.6 Å². The maximum Gasteiger partial charge on any atom is -1.00 e. The first kappa shape index (κ1) is 39.7. The molecule has 10 unspecified atom stereocenters. The van der Waals surface area contributed by atoms with Crippen LogP contribution >= 0.6 is 0 Å². The van der Waals surface area contributed by atoms with Gasteiger partial charge >= 0.3 is 303 Å². The average Bonchev–Trinajstić information content (AvgIpc) is 3.50. The second kappa shape index (κ2) is 12.3. The van der Waals surface area contributed by atoms with Crippen LogP contribution in [0, 0.1) is 62.1 Å². The van der Waals surface area contributed by atoms with Crippen LogP contribution in [0.5, 0.6) is 0 Å². The summed E-state index contributed by atoms with van der Waals surface area (Å²) in [6, 6.07) is 9.48. The molecule has 1 aromatic rings. The van der Waals surface area contributed by atoms with Gasteiger partial charge in [-0.05, 0) is 0 Å². The van der Waals surface area contributed by atoms with E-state index in [1.165, 1.54) is 16.7 Å². The number of hydrogen-bond acceptors (Lipinski definition) is 0. The summed E-state index contributed by atoms with van der Waals surface area (Å²) in [7, 11) is 0. The van der Waals surface area contributed by atoms with Crippen LogP contribution < -0.4 is 24.8 Å². The van der Waals surface area contributed by atoms with Crippen molar-refractivity contribution in [3.63, 3.8) is 0 Å². The first-order valence-corrected chi connectivity index (χ1v) is 22.7. The number of benzene rings is 1. The molecule has 0 radical (unpaired) electrons. The minimum atomic E-state index is -2.74. The van der Waals surface area contributed by atoms with Gasteiger partial charge in [-0.25, -0.2) is 0 Å². The number of hydrogen-bond donors (Lipinski definition) is 0. The molecule has 3 heteroatoms. The third-order valence-electron chi connectivity index (χ3n) is 16.7. The number of halogens is 2. The molecule has 6 aliphatic carbocycles. The zero-order valence-electron chi connectivity index (χ0n) is 32.9. The summed E-state index contributed by atoms with van der Waals surface area (Å²) in [5.74, 6) is 0.934. The minimum absolute atomic E-state index is 0. The Kier molecular flexibility index (Phi) is 9.72. The van der Waals surface area contributed by atoms with Gasteiger partial charge in [-0.1, -0.05) is 0 Å². The molecule has 0 amide bonds. The molecule has 7 rings (SSSR count). The van der Waals surface area contributed by atoms with E-state index in [1.54, 1.807) is 8.85 Å². The van der Waals surface area contributed by atoms with E-state index in [0.29, 0.717) is 15.5 Å². The monoisotopic (exact) mass is 784 g/mol. The van der Waals surface area contributed by atoms with Gasteiger partial charge in [0, 0.05) is 0 Å². The van der Waals surface area contributed by atoms with Gasteiger partial charge in [0.05, 0.1) is 0 Å². The van der Waals surface area contributed by atoms with Gasteiger partial charge in [-0.15, -0.1) is 0 Å². The van der Waals surface area contributed by atoms with Crippen molar-refractivity contribution in [1.29, 1.82) is 0 Å². The Labute approximate surface area is 325 Å². The quantitative estimate of drug-likeness (QED) is 0.328. The standard InChI is InChI=1S/C29H37.C10H15.C8H8.2ClH.Zr/c1-21-14-13-15-22-20-27(6)25(4)18-10-9-16-23(25,2)24(3)17-11-12-19-26(24,5)29(27,8)28(21,22)7;1-8-5-6-9(7-8)10(2,3)4;1-7-3-5-8(2)6-4-7;;;/h9-20,22H,1-8H3;6-8H,1-4H3;1,3-6H,2H3;2*1H;/q;;;;;+2/p-2. The smallest absolute Gasteiger partial charge is 1.00 e. The molecule has 0 N–H and O–H groups in total. The van der Waals surface area contributed by atoms with Gasteiger partial charge in [0.15, 0.2) is 0 Å². The Bertz CT molecular complexity index is 1860. The van der Waals surface area contributed by atoms with Crippen LogP contribution in [0.4, 0.5) is 0 Å². The third kappa shape index (κ3) is 4.42. The van der Waals surface area contributed by atoms with Crippen LogP contribution in [0.25, 0.3) is 0 Å². The van der Waals surface area contributed by atoms with E-state index in [2.05, 4.69) is 197 Å². The molecule has 0 bridgehead atoms. The number of rotatable bonds is 3. The molecule has 50 heavy (non-hydrogen) atoms. The summed E-state index contributed by atoms with van der Waals surface area (Å²) in [4.78, 5) is 0. The normalized spacial score (nSPS) is 43.5. The van der Waals surface area contributed by atoms with Crippen LogP contribution in [0.1, 0.15) is 94.2 Å². The maximum absolute atomic E-state index is 2.89. The Hall–Kier alpha value is -1.53. The molecule has 0 spiro atoms. The Morgan fingerprint density at radius 1 is 0.700 bits per heavy atom. The van der Waals surface area contributed by atoms with Crippen LogP contribution in [-0.4, -0.2) is 3.71 Å². The molecule has 6 aliphatic rings. The van der Waals surface area contributed by atoms with Gasteiger partial charge in [-0.2, -0.15) is 0 Å². The van der Waals surface area contributed by atoms with Crippen molar-refractivity contribution in [3.8, 4) is 0 Å². The maximum atomic E-state index is 2.89. The van der Waals surface area contributed by atoms with Crippen LogP contribution in [0.15, 0.2) is 118 Å². The number of aryl methyl sites for hydroxylation is 1.